The Morgan fingerprint density at radius 3 is 2.62 bits per heavy atom. The Labute approximate surface area is 144 Å². The van der Waals surface area contributed by atoms with Crippen LogP contribution in [0.1, 0.15) is 50.4 Å². The molecule has 5 nitrogen and oxygen atoms in total. The van der Waals surface area contributed by atoms with Gasteiger partial charge in [0.2, 0.25) is 10.0 Å². The first-order valence-corrected chi connectivity index (χ1v) is 9.87. The molecule has 0 bridgehead atoms. The molecule has 2 rings (SSSR count). The van der Waals surface area contributed by atoms with Gasteiger partial charge in [-0.1, -0.05) is 26.0 Å². The van der Waals surface area contributed by atoms with E-state index in [-0.39, 0.29) is 10.8 Å². The summed E-state index contributed by atoms with van der Waals surface area (Å²) in [5.74, 6) is 0.267. The second kappa shape index (κ2) is 7.94. The van der Waals surface area contributed by atoms with E-state index in [1.807, 2.05) is 19.9 Å². The summed E-state index contributed by atoms with van der Waals surface area (Å²) in [6.45, 7) is 7.02. The average molecular weight is 350 g/mol. The maximum atomic E-state index is 12.8. The van der Waals surface area contributed by atoms with E-state index in [0.717, 1.165) is 25.0 Å². The summed E-state index contributed by atoms with van der Waals surface area (Å²) in [6, 6.07) is 6.26. The topological polar surface area (TPSA) is 66.5 Å². The molecule has 132 valence electrons. The first-order chi connectivity index (χ1) is 11.3. The molecular formula is C18H26N2O3S. The molecule has 1 aromatic carbocycles. The standard InChI is InChI=1S/C18H26N2O3S/c1-4-6-15(3)19-18(21)16-7-5-8-17(13-16)24(22,23)20-11-9-14(2)10-12-20/h5-8,13-14H,4,9-12H2,1-3H3,(H,19,21)/b15-6+. The van der Waals surface area contributed by atoms with Crippen LogP contribution >= 0.6 is 0 Å². The quantitative estimate of drug-likeness (QED) is 0.887. The second-order valence-corrected chi connectivity index (χ2v) is 8.30. The summed E-state index contributed by atoms with van der Waals surface area (Å²) < 4.78 is 27.1. The average Bonchev–Trinajstić information content (AvgIpc) is 2.55. The number of nitrogens with one attached hydrogen (secondary N) is 1. The second-order valence-electron chi connectivity index (χ2n) is 6.36. The molecule has 24 heavy (non-hydrogen) atoms. The van der Waals surface area contributed by atoms with Crippen LogP contribution in [0, 0.1) is 5.92 Å². The van der Waals surface area contributed by atoms with Gasteiger partial charge in [-0.15, -0.1) is 0 Å². The Balaban J connectivity index is 2.20. The Morgan fingerprint density at radius 2 is 2.00 bits per heavy atom. The van der Waals surface area contributed by atoms with Crippen LogP contribution in [-0.4, -0.2) is 31.7 Å². The zero-order valence-electron chi connectivity index (χ0n) is 14.6. The number of piperidine rings is 1. The highest BCUT2D eigenvalue weighted by Crippen LogP contribution is 2.24. The third-order valence-corrected chi connectivity index (χ3v) is 6.19. The molecule has 1 saturated heterocycles. The molecule has 1 aliphatic rings. The Bertz CT molecular complexity index is 718. The molecule has 0 radical (unpaired) electrons. The van der Waals surface area contributed by atoms with E-state index in [2.05, 4.69) is 12.2 Å². The Hall–Kier alpha value is -1.66. The Kier molecular flexibility index (Phi) is 6.18. The predicted octanol–water partition coefficient (Wildman–Crippen LogP) is 3.15. The van der Waals surface area contributed by atoms with Crippen LogP contribution in [0.15, 0.2) is 40.9 Å². The lowest BCUT2D eigenvalue weighted by atomic mass is 10.0. The molecule has 1 aromatic rings. The van der Waals surface area contributed by atoms with Crippen LogP contribution in [0.25, 0.3) is 0 Å². The van der Waals surface area contributed by atoms with E-state index in [9.17, 15) is 13.2 Å². The van der Waals surface area contributed by atoms with Gasteiger partial charge in [-0.05, 0) is 50.3 Å². The molecule has 0 saturated carbocycles. The molecule has 0 atom stereocenters. The van der Waals surface area contributed by atoms with E-state index in [1.165, 1.54) is 10.4 Å². The van der Waals surface area contributed by atoms with Gasteiger partial charge in [-0.2, -0.15) is 4.31 Å². The molecular weight excluding hydrogens is 324 g/mol. The summed E-state index contributed by atoms with van der Waals surface area (Å²) >= 11 is 0. The third-order valence-electron chi connectivity index (χ3n) is 4.30. The molecule has 1 heterocycles. The van der Waals surface area contributed by atoms with Gasteiger partial charge in [0.15, 0.2) is 0 Å². The molecule has 1 aliphatic heterocycles. The highest BCUT2D eigenvalue weighted by Gasteiger charge is 2.28. The number of allylic oxidation sites excluding steroid dienone is 2. The van der Waals surface area contributed by atoms with E-state index < -0.39 is 10.0 Å². The zero-order chi connectivity index (χ0) is 17.7. The van der Waals surface area contributed by atoms with E-state index >= 15 is 0 Å². The monoisotopic (exact) mass is 350 g/mol. The molecule has 1 amide bonds. The summed E-state index contributed by atoms with van der Waals surface area (Å²) in [4.78, 5) is 12.5. The number of carbonyl (C=O) groups excluding carboxylic acids is 1. The van der Waals surface area contributed by atoms with Crippen LogP contribution in [0.3, 0.4) is 0 Å². The number of carbonyl (C=O) groups is 1. The lowest BCUT2D eigenvalue weighted by molar-refractivity contribution is 0.0965. The van der Waals surface area contributed by atoms with Gasteiger partial charge in [0.25, 0.3) is 5.91 Å². The van der Waals surface area contributed by atoms with Gasteiger partial charge in [-0.25, -0.2) is 8.42 Å². The minimum absolute atomic E-state index is 0.182. The highest BCUT2D eigenvalue weighted by atomic mass is 32.2. The van der Waals surface area contributed by atoms with Crippen LogP contribution in [0.5, 0.6) is 0 Å². The van der Waals surface area contributed by atoms with Gasteiger partial charge in [-0.3, -0.25) is 4.79 Å². The van der Waals surface area contributed by atoms with Crippen molar-refractivity contribution in [1.82, 2.24) is 9.62 Å². The predicted molar refractivity (Wildman–Crippen MR) is 95.1 cm³/mol. The van der Waals surface area contributed by atoms with Crippen LogP contribution in [0.2, 0.25) is 0 Å². The van der Waals surface area contributed by atoms with Crippen molar-refractivity contribution in [2.24, 2.45) is 5.92 Å². The summed E-state index contributed by atoms with van der Waals surface area (Å²) in [7, 11) is -3.54. The van der Waals surface area contributed by atoms with Crippen LogP contribution in [-0.2, 0) is 10.0 Å². The summed E-state index contributed by atoms with van der Waals surface area (Å²) in [5, 5.41) is 2.77. The fraction of sp³-hybridized carbons (Fsp3) is 0.500. The van der Waals surface area contributed by atoms with Crippen molar-refractivity contribution in [2.45, 2.75) is 44.9 Å². The largest absolute Gasteiger partial charge is 0.326 e. The smallest absolute Gasteiger partial charge is 0.255 e. The highest BCUT2D eigenvalue weighted by molar-refractivity contribution is 7.89. The van der Waals surface area contributed by atoms with E-state index in [4.69, 9.17) is 0 Å². The molecule has 6 heteroatoms. The lowest BCUT2D eigenvalue weighted by Crippen LogP contribution is -2.38. The minimum Gasteiger partial charge on any atom is -0.326 e. The van der Waals surface area contributed by atoms with Crippen molar-refractivity contribution >= 4 is 15.9 Å². The van der Waals surface area contributed by atoms with Crippen LogP contribution < -0.4 is 5.32 Å². The van der Waals surface area contributed by atoms with Crippen molar-refractivity contribution in [1.29, 1.82) is 0 Å². The number of benzene rings is 1. The van der Waals surface area contributed by atoms with E-state index in [1.54, 1.807) is 18.2 Å². The van der Waals surface area contributed by atoms with Gasteiger partial charge < -0.3 is 5.32 Å². The molecule has 1 N–H and O–H groups in total. The van der Waals surface area contributed by atoms with Gasteiger partial charge in [0.05, 0.1) is 4.90 Å². The third kappa shape index (κ3) is 4.45. The van der Waals surface area contributed by atoms with Crippen molar-refractivity contribution in [3.8, 4) is 0 Å². The SMILES string of the molecule is CC/C=C(\C)NC(=O)c1cccc(S(=O)(=O)N2CCC(C)CC2)c1. The first-order valence-electron chi connectivity index (χ1n) is 8.43. The normalized spacial score (nSPS) is 17.7. The number of amides is 1. The molecule has 0 unspecified atom stereocenters. The lowest BCUT2D eigenvalue weighted by Gasteiger charge is -2.29. The number of nitrogens with zero attached hydrogens (tertiary/aromatic N) is 1. The molecule has 0 spiro atoms. The number of hydrogen-bond acceptors (Lipinski definition) is 3. The molecule has 0 aliphatic carbocycles. The van der Waals surface area contributed by atoms with Crippen molar-refractivity contribution in [2.75, 3.05) is 13.1 Å². The van der Waals surface area contributed by atoms with Gasteiger partial charge in [0.1, 0.15) is 0 Å². The molecule has 1 fully saturated rings. The number of rotatable bonds is 5. The maximum Gasteiger partial charge on any atom is 0.255 e. The minimum atomic E-state index is -3.54. The number of sulfonamides is 1. The fourth-order valence-corrected chi connectivity index (χ4v) is 4.30. The first kappa shape index (κ1) is 18.7. The summed E-state index contributed by atoms with van der Waals surface area (Å²) in [6.07, 6.45) is 4.49. The maximum absolute atomic E-state index is 12.8. The van der Waals surface area contributed by atoms with Crippen molar-refractivity contribution in [3.63, 3.8) is 0 Å². The van der Waals surface area contributed by atoms with Gasteiger partial charge >= 0.3 is 0 Å². The Morgan fingerprint density at radius 1 is 1.33 bits per heavy atom. The van der Waals surface area contributed by atoms with Crippen molar-refractivity contribution in [3.05, 3.63) is 41.6 Å². The van der Waals surface area contributed by atoms with E-state index in [0.29, 0.717) is 24.6 Å². The van der Waals surface area contributed by atoms with Gasteiger partial charge in [0, 0.05) is 24.4 Å². The number of hydrogen-bond donors (Lipinski definition) is 1. The fourth-order valence-electron chi connectivity index (χ4n) is 2.78. The summed E-state index contributed by atoms with van der Waals surface area (Å²) in [5.41, 5.74) is 1.12. The van der Waals surface area contributed by atoms with Crippen molar-refractivity contribution < 1.29 is 13.2 Å². The van der Waals surface area contributed by atoms with Crippen LogP contribution in [0.4, 0.5) is 0 Å². The zero-order valence-corrected chi connectivity index (χ0v) is 15.4. The molecule has 0 aromatic heterocycles.